The largest absolute Gasteiger partial charge is 0.455 e. The minimum atomic E-state index is -0.625. The van der Waals surface area contributed by atoms with Crippen LogP contribution in [0.15, 0.2) is 48.5 Å². The molecule has 1 unspecified atom stereocenters. The third kappa shape index (κ3) is 4.70. The highest BCUT2D eigenvalue weighted by Gasteiger charge is 2.37. The number of nitrogens with one attached hydrogen (secondary N) is 1. The number of ether oxygens (including phenoxy) is 1. The van der Waals surface area contributed by atoms with E-state index in [4.69, 9.17) is 16.3 Å². The Labute approximate surface area is 168 Å². The normalized spacial score (nSPS) is 16.1. The lowest BCUT2D eigenvalue weighted by molar-refractivity contribution is -0.151. The number of carbonyl (C=O) groups excluding carboxylic acids is 3. The second kappa shape index (κ2) is 8.89. The first-order valence-corrected chi connectivity index (χ1v) is 9.46. The van der Waals surface area contributed by atoms with E-state index in [1.807, 2.05) is 19.1 Å². The van der Waals surface area contributed by atoms with Crippen molar-refractivity contribution < 1.29 is 19.1 Å². The second-order valence-corrected chi connectivity index (χ2v) is 6.97. The van der Waals surface area contributed by atoms with Crippen LogP contribution in [0.25, 0.3) is 0 Å². The van der Waals surface area contributed by atoms with Gasteiger partial charge < -0.3 is 15.0 Å². The summed E-state index contributed by atoms with van der Waals surface area (Å²) >= 11 is 6.13. The molecule has 2 amide bonds. The highest BCUT2D eigenvalue weighted by Crippen LogP contribution is 2.31. The molecule has 6 nitrogen and oxygen atoms in total. The van der Waals surface area contributed by atoms with Gasteiger partial charge >= 0.3 is 5.97 Å². The number of amides is 2. The van der Waals surface area contributed by atoms with Crippen molar-refractivity contribution in [2.24, 2.45) is 5.92 Å². The molecule has 2 aromatic carbocycles. The van der Waals surface area contributed by atoms with E-state index in [0.29, 0.717) is 16.4 Å². The van der Waals surface area contributed by atoms with Crippen molar-refractivity contribution in [2.45, 2.75) is 19.8 Å². The Morgan fingerprint density at radius 1 is 1.18 bits per heavy atom. The summed E-state index contributed by atoms with van der Waals surface area (Å²) < 4.78 is 5.10. The van der Waals surface area contributed by atoms with Crippen molar-refractivity contribution in [3.05, 3.63) is 59.1 Å². The summed E-state index contributed by atoms with van der Waals surface area (Å²) in [6.45, 7) is 1.83. The predicted molar refractivity (Wildman–Crippen MR) is 107 cm³/mol. The number of carbonyl (C=O) groups is 3. The smallest absolute Gasteiger partial charge is 0.311 e. The Kier molecular flexibility index (Phi) is 6.31. The zero-order chi connectivity index (χ0) is 20.1. The number of nitrogens with zero attached hydrogens (tertiary/aromatic N) is 1. The van der Waals surface area contributed by atoms with Gasteiger partial charge in [0.15, 0.2) is 6.61 Å². The van der Waals surface area contributed by atoms with E-state index < -0.39 is 24.4 Å². The zero-order valence-electron chi connectivity index (χ0n) is 15.5. The van der Waals surface area contributed by atoms with Gasteiger partial charge in [-0.15, -0.1) is 0 Å². The van der Waals surface area contributed by atoms with Gasteiger partial charge in [-0.25, -0.2) is 0 Å². The molecule has 1 atom stereocenters. The van der Waals surface area contributed by atoms with E-state index >= 15 is 0 Å². The molecule has 7 heteroatoms. The third-order valence-electron chi connectivity index (χ3n) is 4.59. The van der Waals surface area contributed by atoms with E-state index in [0.717, 1.165) is 6.42 Å². The summed E-state index contributed by atoms with van der Waals surface area (Å²) in [5, 5.41) is 3.12. The molecular formula is C21H21ClN2O4. The summed E-state index contributed by atoms with van der Waals surface area (Å²) in [5.74, 6) is -1.82. The van der Waals surface area contributed by atoms with E-state index in [1.54, 1.807) is 36.4 Å². The lowest BCUT2D eigenvalue weighted by Gasteiger charge is -2.17. The quantitative estimate of drug-likeness (QED) is 0.753. The molecule has 146 valence electrons. The highest BCUT2D eigenvalue weighted by molar-refractivity contribution is 6.33. The van der Waals surface area contributed by atoms with Crippen LogP contribution in [0.1, 0.15) is 18.9 Å². The van der Waals surface area contributed by atoms with Crippen LogP contribution in [0.2, 0.25) is 5.02 Å². The van der Waals surface area contributed by atoms with E-state index in [9.17, 15) is 14.4 Å². The summed E-state index contributed by atoms with van der Waals surface area (Å²) in [6.07, 6.45) is 0.946. The van der Waals surface area contributed by atoms with Gasteiger partial charge in [0.2, 0.25) is 5.91 Å². The van der Waals surface area contributed by atoms with Crippen molar-refractivity contribution in [3.8, 4) is 0 Å². The molecule has 0 aromatic heterocycles. The topological polar surface area (TPSA) is 75.7 Å². The standard InChI is InChI=1S/C21H21ClN2O4/c1-2-14-7-9-16(10-8-14)23-19(25)13-28-21(27)15-11-20(26)24(12-15)18-6-4-3-5-17(18)22/h3-10,15H,2,11-13H2,1H3,(H,23,25). The summed E-state index contributed by atoms with van der Waals surface area (Å²) in [6, 6.07) is 14.4. The van der Waals surface area contributed by atoms with Crippen molar-refractivity contribution >= 4 is 40.8 Å². The molecule has 0 aliphatic carbocycles. The number of rotatable bonds is 6. The van der Waals surface area contributed by atoms with Crippen LogP contribution in [-0.4, -0.2) is 30.9 Å². The average Bonchev–Trinajstić information content (AvgIpc) is 3.08. The first-order chi connectivity index (χ1) is 13.5. The zero-order valence-corrected chi connectivity index (χ0v) is 16.2. The van der Waals surface area contributed by atoms with Gasteiger partial charge in [0.05, 0.1) is 16.6 Å². The van der Waals surface area contributed by atoms with Crippen LogP contribution in [0.5, 0.6) is 0 Å². The van der Waals surface area contributed by atoms with Gasteiger partial charge in [0.25, 0.3) is 5.91 Å². The highest BCUT2D eigenvalue weighted by atomic mass is 35.5. The number of esters is 1. The van der Waals surface area contributed by atoms with Crippen molar-refractivity contribution in [3.63, 3.8) is 0 Å². The lowest BCUT2D eigenvalue weighted by atomic mass is 10.1. The maximum atomic E-state index is 12.3. The molecule has 0 spiro atoms. The second-order valence-electron chi connectivity index (χ2n) is 6.56. The number of benzene rings is 2. The number of aryl methyl sites for hydroxylation is 1. The van der Waals surface area contributed by atoms with Gasteiger partial charge in [-0.1, -0.05) is 42.8 Å². The number of anilines is 2. The monoisotopic (exact) mass is 400 g/mol. The molecule has 3 rings (SSSR count). The molecule has 1 aliphatic rings. The predicted octanol–water partition coefficient (Wildman–Crippen LogP) is 3.44. The third-order valence-corrected chi connectivity index (χ3v) is 4.91. The molecule has 0 radical (unpaired) electrons. The Hall–Kier alpha value is -2.86. The van der Waals surface area contributed by atoms with Crippen LogP contribution < -0.4 is 10.2 Å². The first kappa shape index (κ1) is 19.9. The van der Waals surface area contributed by atoms with Gasteiger partial charge in [-0.05, 0) is 36.2 Å². The van der Waals surface area contributed by atoms with Gasteiger partial charge in [-0.2, -0.15) is 0 Å². The molecule has 2 aromatic rings. The molecular weight excluding hydrogens is 380 g/mol. The number of hydrogen-bond donors (Lipinski definition) is 1. The van der Waals surface area contributed by atoms with E-state index in [1.165, 1.54) is 10.5 Å². The maximum absolute atomic E-state index is 12.3. The summed E-state index contributed by atoms with van der Waals surface area (Å²) in [7, 11) is 0. The van der Waals surface area contributed by atoms with Crippen LogP contribution in [0.3, 0.4) is 0 Å². The van der Waals surface area contributed by atoms with Gasteiger partial charge in [0.1, 0.15) is 0 Å². The SMILES string of the molecule is CCc1ccc(NC(=O)COC(=O)C2CC(=O)N(c3ccccc3Cl)C2)cc1. The molecule has 1 aliphatic heterocycles. The fourth-order valence-electron chi connectivity index (χ4n) is 3.04. The van der Waals surface area contributed by atoms with Crippen molar-refractivity contribution in [2.75, 3.05) is 23.4 Å². The minimum Gasteiger partial charge on any atom is -0.455 e. The van der Waals surface area contributed by atoms with Gasteiger partial charge in [-0.3, -0.25) is 14.4 Å². The minimum absolute atomic E-state index is 0.0319. The molecule has 0 bridgehead atoms. The average molecular weight is 401 g/mol. The molecule has 0 saturated carbocycles. The molecule has 28 heavy (non-hydrogen) atoms. The molecule has 1 saturated heterocycles. The molecule has 1 N–H and O–H groups in total. The van der Waals surface area contributed by atoms with Crippen LogP contribution in [-0.2, 0) is 25.5 Å². The Bertz CT molecular complexity index is 882. The fraction of sp³-hybridized carbons (Fsp3) is 0.286. The van der Waals surface area contributed by atoms with Crippen molar-refractivity contribution in [1.29, 1.82) is 0 Å². The fourth-order valence-corrected chi connectivity index (χ4v) is 3.28. The maximum Gasteiger partial charge on any atom is 0.311 e. The number of halogens is 1. The summed E-state index contributed by atoms with van der Waals surface area (Å²) in [5.41, 5.74) is 2.37. The molecule has 1 fully saturated rings. The Morgan fingerprint density at radius 2 is 1.89 bits per heavy atom. The van der Waals surface area contributed by atoms with E-state index in [2.05, 4.69) is 5.32 Å². The summed E-state index contributed by atoms with van der Waals surface area (Å²) in [4.78, 5) is 38.0. The van der Waals surface area contributed by atoms with Crippen LogP contribution >= 0.6 is 11.6 Å². The Balaban J connectivity index is 1.51. The first-order valence-electron chi connectivity index (χ1n) is 9.08. The Morgan fingerprint density at radius 3 is 2.57 bits per heavy atom. The van der Waals surface area contributed by atoms with Crippen LogP contribution in [0, 0.1) is 5.92 Å². The molecule has 1 heterocycles. The van der Waals surface area contributed by atoms with E-state index in [-0.39, 0.29) is 18.9 Å². The van der Waals surface area contributed by atoms with Crippen molar-refractivity contribution in [1.82, 2.24) is 0 Å². The lowest BCUT2D eigenvalue weighted by Crippen LogP contribution is -2.28. The number of para-hydroxylation sites is 1. The van der Waals surface area contributed by atoms with Gasteiger partial charge in [0, 0.05) is 18.7 Å². The van der Waals surface area contributed by atoms with Crippen LogP contribution in [0.4, 0.5) is 11.4 Å². The number of hydrogen-bond acceptors (Lipinski definition) is 4.